The molecule has 3 N–H and O–H groups in total. The van der Waals surface area contributed by atoms with Crippen LogP contribution in [-0.4, -0.2) is 35.4 Å². The molecule has 0 aliphatic carbocycles. The first-order chi connectivity index (χ1) is 9.75. The van der Waals surface area contributed by atoms with Gasteiger partial charge in [0.1, 0.15) is 0 Å². The van der Waals surface area contributed by atoms with Crippen LogP contribution in [0.15, 0.2) is 30.5 Å². The molecule has 0 bridgehead atoms. The van der Waals surface area contributed by atoms with Gasteiger partial charge in [-0.15, -0.1) is 0 Å². The number of likely N-dealkylation sites (tertiary alicyclic amines) is 1. The first-order valence-electron chi connectivity index (χ1n) is 6.90. The van der Waals surface area contributed by atoms with Crippen molar-refractivity contribution in [2.24, 2.45) is 0 Å². The highest BCUT2D eigenvalue weighted by molar-refractivity contribution is 5.97. The Kier molecular flexibility index (Phi) is 3.41. The molecule has 2 aromatic rings. The van der Waals surface area contributed by atoms with E-state index in [9.17, 15) is 4.79 Å². The highest BCUT2D eigenvalue weighted by Gasteiger charge is 2.17. The molecule has 20 heavy (non-hydrogen) atoms. The van der Waals surface area contributed by atoms with E-state index in [1.807, 2.05) is 29.2 Å². The normalized spacial score (nSPS) is 14.7. The Morgan fingerprint density at radius 2 is 2.10 bits per heavy atom. The lowest BCUT2D eigenvalue weighted by atomic mass is 10.1. The van der Waals surface area contributed by atoms with Gasteiger partial charge < -0.3 is 16.0 Å². The van der Waals surface area contributed by atoms with Crippen LogP contribution in [-0.2, 0) is 4.79 Å². The lowest BCUT2D eigenvalue weighted by molar-refractivity contribution is -0.128. The summed E-state index contributed by atoms with van der Waals surface area (Å²) in [6.45, 7) is 2.03. The lowest BCUT2D eigenvalue weighted by Gasteiger charge is -2.17. The van der Waals surface area contributed by atoms with Crippen molar-refractivity contribution in [2.45, 2.75) is 12.8 Å². The molecule has 1 aliphatic rings. The molecule has 3 rings (SSSR count). The van der Waals surface area contributed by atoms with E-state index in [0.29, 0.717) is 5.69 Å². The van der Waals surface area contributed by atoms with E-state index in [2.05, 4.69) is 10.3 Å². The molecule has 104 valence electrons. The minimum atomic E-state index is 0.133. The maximum Gasteiger partial charge on any atom is 0.241 e. The van der Waals surface area contributed by atoms with Gasteiger partial charge in [-0.3, -0.25) is 9.78 Å². The molecule has 1 fully saturated rings. The fourth-order valence-electron chi connectivity index (χ4n) is 2.58. The summed E-state index contributed by atoms with van der Waals surface area (Å²) >= 11 is 0. The lowest BCUT2D eigenvalue weighted by Crippen LogP contribution is -2.33. The third-order valence-corrected chi connectivity index (χ3v) is 3.72. The van der Waals surface area contributed by atoms with Gasteiger partial charge in [-0.05, 0) is 37.1 Å². The Morgan fingerprint density at radius 1 is 1.30 bits per heavy atom. The van der Waals surface area contributed by atoms with E-state index in [1.54, 1.807) is 6.20 Å². The number of nitrogens with two attached hydrogens (primary N) is 1. The monoisotopic (exact) mass is 270 g/mol. The van der Waals surface area contributed by atoms with Crippen LogP contribution in [0.4, 0.5) is 11.4 Å². The van der Waals surface area contributed by atoms with Gasteiger partial charge in [-0.25, -0.2) is 0 Å². The molecule has 1 amide bonds. The molecule has 1 aliphatic heterocycles. The number of nitrogens with one attached hydrogen (secondary N) is 1. The van der Waals surface area contributed by atoms with E-state index in [1.165, 1.54) is 0 Å². The number of nitrogens with zero attached hydrogens (tertiary/aromatic N) is 2. The number of aromatic nitrogens is 1. The van der Waals surface area contributed by atoms with Crippen LogP contribution in [0.3, 0.4) is 0 Å². The highest BCUT2D eigenvalue weighted by atomic mass is 16.2. The number of hydrogen-bond acceptors (Lipinski definition) is 4. The van der Waals surface area contributed by atoms with Gasteiger partial charge >= 0.3 is 0 Å². The maximum absolute atomic E-state index is 12.0. The van der Waals surface area contributed by atoms with E-state index in [4.69, 9.17) is 5.73 Å². The molecule has 1 aromatic carbocycles. The van der Waals surface area contributed by atoms with Crippen molar-refractivity contribution in [3.63, 3.8) is 0 Å². The van der Waals surface area contributed by atoms with Gasteiger partial charge in [0.25, 0.3) is 0 Å². The standard InChI is InChI=1S/C15H18N4O/c16-15-11-4-3-7-17-12(11)5-6-13(15)18-10-14(20)19-8-1-2-9-19/h3-7,18H,1-2,8-10,16H2. The number of hydrogen-bond donors (Lipinski definition) is 2. The van der Waals surface area contributed by atoms with Crippen molar-refractivity contribution in [1.29, 1.82) is 0 Å². The number of benzene rings is 1. The van der Waals surface area contributed by atoms with Gasteiger partial charge in [-0.1, -0.05) is 0 Å². The minimum Gasteiger partial charge on any atom is -0.397 e. The molecule has 0 spiro atoms. The van der Waals surface area contributed by atoms with Crippen LogP contribution in [0.5, 0.6) is 0 Å². The Hall–Kier alpha value is -2.30. The van der Waals surface area contributed by atoms with Crippen LogP contribution in [0, 0.1) is 0 Å². The topological polar surface area (TPSA) is 71.2 Å². The zero-order valence-electron chi connectivity index (χ0n) is 11.3. The Balaban J connectivity index is 1.74. The molecular weight excluding hydrogens is 252 g/mol. The van der Waals surface area contributed by atoms with Gasteiger partial charge in [0.2, 0.25) is 5.91 Å². The number of fused-ring (bicyclic) bond motifs is 1. The van der Waals surface area contributed by atoms with E-state index in [-0.39, 0.29) is 12.5 Å². The van der Waals surface area contributed by atoms with Gasteiger partial charge in [0, 0.05) is 24.7 Å². The highest BCUT2D eigenvalue weighted by Crippen LogP contribution is 2.27. The van der Waals surface area contributed by atoms with Crippen molar-refractivity contribution in [3.8, 4) is 0 Å². The number of carbonyl (C=O) groups is 1. The van der Waals surface area contributed by atoms with E-state index >= 15 is 0 Å². The Morgan fingerprint density at radius 3 is 2.90 bits per heavy atom. The predicted octanol–water partition coefficient (Wildman–Crippen LogP) is 1.85. The van der Waals surface area contributed by atoms with Crippen LogP contribution in [0.2, 0.25) is 0 Å². The third kappa shape index (κ3) is 2.39. The summed E-state index contributed by atoms with van der Waals surface area (Å²) in [6, 6.07) is 7.58. The van der Waals surface area contributed by atoms with Gasteiger partial charge in [-0.2, -0.15) is 0 Å². The van der Waals surface area contributed by atoms with E-state index < -0.39 is 0 Å². The van der Waals surface area contributed by atoms with Gasteiger partial charge in [0.15, 0.2) is 0 Å². The van der Waals surface area contributed by atoms with E-state index in [0.717, 1.165) is 42.5 Å². The molecule has 2 heterocycles. The zero-order chi connectivity index (χ0) is 13.9. The van der Waals surface area contributed by atoms with Crippen LogP contribution in [0.25, 0.3) is 10.9 Å². The third-order valence-electron chi connectivity index (χ3n) is 3.72. The summed E-state index contributed by atoms with van der Waals surface area (Å²) in [5.74, 6) is 0.133. The molecule has 1 aromatic heterocycles. The molecule has 0 radical (unpaired) electrons. The number of anilines is 2. The summed E-state index contributed by atoms with van der Waals surface area (Å²) in [7, 11) is 0. The molecule has 5 heteroatoms. The Bertz CT molecular complexity index is 635. The fraction of sp³-hybridized carbons (Fsp3) is 0.333. The number of pyridine rings is 1. The zero-order valence-corrected chi connectivity index (χ0v) is 11.3. The van der Waals surface area contributed by atoms with Gasteiger partial charge in [0.05, 0.1) is 23.4 Å². The fourth-order valence-corrected chi connectivity index (χ4v) is 2.58. The second-order valence-electron chi connectivity index (χ2n) is 5.04. The van der Waals surface area contributed by atoms with Crippen LogP contribution < -0.4 is 11.1 Å². The Labute approximate surface area is 117 Å². The number of nitrogen functional groups attached to an aromatic ring is 1. The minimum absolute atomic E-state index is 0.133. The molecule has 5 nitrogen and oxygen atoms in total. The summed E-state index contributed by atoms with van der Waals surface area (Å²) < 4.78 is 0. The predicted molar refractivity (Wildman–Crippen MR) is 80.5 cm³/mol. The molecule has 0 unspecified atom stereocenters. The molecule has 0 saturated carbocycles. The summed E-state index contributed by atoms with van der Waals surface area (Å²) in [4.78, 5) is 18.2. The largest absolute Gasteiger partial charge is 0.397 e. The summed E-state index contributed by atoms with van der Waals surface area (Å²) in [6.07, 6.45) is 3.96. The quantitative estimate of drug-likeness (QED) is 0.835. The average molecular weight is 270 g/mol. The van der Waals surface area contributed by atoms with Crippen molar-refractivity contribution in [1.82, 2.24) is 9.88 Å². The number of rotatable bonds is 3. The van der Waals surface area contributed by atoms with Crippen molar-refractivity contribution >= 4 is 28.2 Å². The second-order valence-corrected chi connectivity index (χ2v) is 5.04. The first kappa shape index (κ1) is 12.7. The molecular formula is C15H18N4O. The van der Waals surface area contributed by atoms with Crippen LogP contribution in [0.1, 0.15) is 12.8 Å². The van der Waals surface area contributed by atoms with Crippen molar-refractivity contribution in [2.75, 3.05) is 30.7 Å². The molecule has 1 saturated heterocycles. The number of amides is 1. The van der Waals surface area contributed by atoms with Crippen molar-refractivity contribution < 1.29 is 4.79 Å². The summed E-state index contributed by atoms with van der Waals surface area (Å²) in [5, 5.41) is 4.05. The summed E-state index contributed by atoms with van der Waals surface area (Å²) in [5.41, 5.74) is 8.43. The number of carbonyl (C=O) groups excluding carboxylic acids is 1. The molecule has 0 atom stereocenters. The van der Waals surface area contributed by atoms with Crippen molar-refractivity contribution in [3.05, 3.63) is 30.5 Å². The van der Waals surface area contributed by atoms with Crippen LogP contribution >= 0.6 is 0 Å². The SMILES string of the molecule is Nc1c(NCC(=O)N2CCCC2)ccc2ncccc12. The second kappa shape index (κ2) is 5.36. The average Bonchev–Trinajstić information content (AvgIpc) is 3.01. The first-order valence-corrected chi connectivity index (χ1v) is 6.90. The smallest absolute Gasteiger partial charge is 0.241 e. The maximum atomic E-state index is 12.0.